The highest BCUT2D eigenvalue weighted by Crippen LogP contribution is 2.51. The van der Waals surface area contributed by atoms with E-state index in [-0.39, 0.29) is 23.6 Å². The Morgan fingerprint density at radius 2 is 2.14 bits per heavy atom. The predicted octanol–water partition coefficient (Wildman–Crippen LogP) is 2.29. The molecule has 3 rings (SSSR count). The molecule has 1 unspecified atom stereocenters. The van der Waals surface area contributed by atoms with Gasteiger partial charge in [0.15, 0.2) is 0 Å². The number of halogens is 1. The average Bonchev–Trinajstić information content (AvgIpc) is 3.15. The predicted molar refractivity (Wildman–Crippen MR) is 78.1 cm³/mol. The second-order valence-corrected chi connectivity index (χ2v) is 8.76. The Hall–Kier alpha value is -0.950. The molecule has 1 aliphatic heterocycles. The summed E-state index contributed by atoms with van der Waals surface area (Å²) in [5.74, 6) is 0.706. The highest BCUT2D eigenvalue weighted by Gasteiger charge is 2.54. The molecule has 0 spiro atoms. The van der Waals surface area contributed by atoms with Crippen molar-refractivity contribution in [1.29, 1.82) is 0 Å². The first-order valence-electron chi connectivity index (χ1n) is 7.45. The molecule has 1 aromatic rings. The van der Waals surface area contributed by atoms with E-state index in [1.54, 1.807) is 6.20 Å². The van der Waals surface area contributed by atoms with Crippen molar-refractivity contribution in [2.75, 3.05) is 19.0 Å². The van der Waals surface area contributed by atoms with Crippen molar-refractivity contribution in [3.8, 4) is 0 Å². The van der Waals surface area contributed by atoms with Crippen molar-refractivity contribution in [3.05, 3.63) is 18.2 Å². The van der Waals surface area contributed by atoms with E-state index < -0.39 is 16.7 Å². The number of nitrogens with zero attached hydrogens (tertiary/aromatic N) is 3. The molecule has 2 aliphatic rings. The number of imidazole rings is 1. The molecular weight excluding hydrogens is 293 g/mol. The Morgan fingerprint density at radius 3 is 2.71 bits per heavy atom. The normalized spacial score (nSPS) is 25.8. The molecule has 5 nitrogen and oxygen atoms in total. The molecule has 0 bridgehead atoms. The van der Waals surface area contributed by atoms with E-state index in [1.807, 2.05) is 6.20 Å². The van der Waals surface area contributed by atoms with E-state index in [4.69, 9.17) is 0 Å². The van der Waals surface area contributed by atoms with Crippen molar-refractivity contribution in [1.82, 2.24) is 13.9 Å². The van der Waals surface area contributed by atoms with E-state index in [0.29, 0.717) is 12.6 Å². The number of alkyl halides is 1. The van der Waals surface area contributed by atoms with Gasteiger partial charge in [-0.25, -0.2) is 13.4 Å². The monoisotopic (exact) mass is 315 g/mol. The van der Waals surface area contributed by atoms with Gasteiger partial charge in [0.25, 0.3) is 0 Å². The number of rotatable bonds is 6. The second-order valence-electron chi connectivity index (χ2n) is 6.72. The van der Waals surface area contributed by atoms with Crippen LogP contribution in [-0.2, 0) is 10.0 Å². The standard InChI is InChI=1S/C14H22FN3O2S/c1-14(2)10-18(21(19,20)9-3-6-15)12(14)13-16-7-8-17(13)11-4-5-11/h7-8,11-12H,3-6,9-10H2,1-2H3. The van der Waals surface area contributed by atoms with Gasteiger partial charge in [0.2, 0.25) is 10.0 Å². The molecule has 0 amide bonds. The SMILES string of the molecule is CC1(C)CN(S(=O)(=O)CCCF)C1c1nccn1C1CC1. The molecule has 1 saturated carbocycles. The largest absolute Gasteiger partial charge is 0.331 e. The van der Waals surface area contributed by atoms with Gasteiger partial charge < -0.3 is 4.57 Å². The van der Waals surface area contributed by atoms with Crippen molar-refractivity contribution < 1.29 is 12.8 Å². The van der Waals surface area contributed by atoms with Crippen molar-refractivity contribution in [2.45, 2.75) is 45.2 Å². The highest BCUT2D eigenvalue weighted by atomic mass is 32.2. The van der Waals surface area contributed by atoms with Gasteiger partial charge >= 0.3 is 0 Å². The molecule has 1 aliphatic carbocycles. The highest BCUT2D eigenvalue weighted by molar-refractivity contribution is 7.89. The lowest BCUT2D eigenvalue weighted by Crippen LogP contribution is -2.58. The molecule has 0 aromatic carbocycles. The summed E-state index contributed by atoms with van der Waals surface area (Å²) in [5, 5.41) is 0. The zero-order valence-electron chi connectivity index (χ0n) is 12.5. The fourth-order valence-electron chi connectivity index (χ4n) is 3.15. The van der Waals surface area contributed by atoms with Crippen LogP contribution < -0.4 is 0 Å². The van der Waals surface area contributed by atoms with E-state index in [2.05, 4.69) is 23.4 Å². The van der Waals surface area contributed by atoms with Gasteiger partial charge in [-0.3, -0.25) is 4.39 Å². The molecule has 0 radical (unpaired) electrons. The van der Waals surface area contributed by atoms with Gasteiger partial charge in [-0.1, -0.05) is 13.8 Å². The summed E-state index contributed by atoms with van der Waals surface area (Å²) in [7, 11) is -3.41. The van der Waals surface area contributed by atoms with Crippen LogP contribution in [0.25, 0.3) is 0 Å². The van der Waals surface area contributed by atoms with Crippen LogP contribution in [0.1, 0.15) is 51.0 Å². The van der Waals surface area contributed by atoms with E-state index in [9.17, 15) is 12.8 Å². The zero-order chi connectivity index (χ0) is 15.3. The van der Waals surface area contributed by atoms with Crippen LogP contribution in [0.15, 0.2) is 12.4 Å². The van der Waals surface area contributed by atoms with Gasteiger partial charge in [-0.2, -0.15) is 4.31 Å². The van der Waals surface area contributed by atoms with Crippen molar-refractivity contribution in [3.63, 3.8) is 0 Å². The molecular formula is C14H22FN3O2S. The van der Waals surface area contributed by atoms with Gasteiger partial charge in [0.1, 0.15) is 5.82 Å². The van der Waals surface area contributed by atoms with Gasteiger partial charge in [0, 0.05) is 30.4 Å². The third-order valence-corrected chi connectivity index (χ3v) is 6.23. The third-order valence-electron chi connectivity index (χ3n) is 4.37. The van der Waals surface area contributed by atoms with E-state index >= 15 is 0 Å². The quantitative estimate of drug-likeness (QED) is 0.809. The van der Waals surface area contributed by atoms with Gasteiger partial charge in [-0.15, -0.1) is 0 Å². The molecule has 1 aromatic heterocycles. The fourth-order valence-corrected chi connectivity index (χ4v) is 5.08. The Morgan fingerprint density at radius 1 is 1.43 bits per heavy atom. The smallest absolute Gasteiger partial charge is 0.214 e. The Bertz CT molecular complexity index is 622. The zero-order valence-corrected chi connectivity index (χ0v) is 13.3. The fraction of sp³-hybridized carbons (Fsp3) is 0.786. The van der Waals surface area contributed by atoms with E-state index in [1.165, 1.54) is 4.31 Å². The Labute approximate surface area is 125 Å². The molecule has 0 N–H and O–H groups in total. The number of hydrogen-bond acceptors (Lipinski definition) is 3. The van der Waals surface area contributed by atoms with Crippen molar-refractivity contribution in [2.24, 2.45) is 5.41 Å². The molecule has 2 heterocycles. The number of sulfonamides is 1. The van der Waals surface area contributed by atoms with Crippen LogP contribution in [0.4, 0.5) is 4.39 Å². The summed E-state index contributed by atoms with van der Waals surface area (Å²) in [4.78, 5) is 4.42. The van der Waals surface area contributed by atoms with Crippen LogP contribution in [0.2, 0.25) is 0 Å². The first-order chi connectivity index (χ1) is 9.87. The maximum atomic E-state index is 12.4. The topological polar surface area (TPSA) is 55.2 Å². The summed E-state index contributed by atoms with van der Waals surface area (Å²) < 4.78 is 40.7. The Balaban J connectivity index is 1.88. The maximum Gasteiger partial charge on any atom is 0.214 e. The van der Waals surface area contributed by atoms with Crippen LogP contribution in [-0.4, -0.2) is 41.2 Å². The minimum absolute atomic E-state index is 0.0586. The van der Waals surface area contributed by atoms with E-state index in [0.717, 1.165) is 18.7 Å². The summed E-state index contributed by atoms with van der Waals surface area (Å²) in [5.41, 5.74) is -0.138. The first-order valence-corrected chi connectivity index (χ1v) is 9.06. The summed E-state index contributed by atoms with van der Waals surface area (Å²) in [6.07, 6.45) is 6.00. The van der Waals surface area contributed by atoms with Gasteiger partial charge in [0.05, 0.1) is 18.5 Å². The number of hydrogen-bond donors (Lipinski definition) is 0. The van der Waals surface area contributed by atoms with Crippen LogP contribution in [0.5, 0.6) is 0 Å². The minimum Gasteiger partial charge on any atom is -0.331 e. The Kier molecular flexibility index (Phi) is 3.60. The average molecular weight is 315 g/mol. The lowest BCUT2D eigenvalue weighted by molar-refractivity contribution is 0.0114. The maximum absolute atomic E-state index is 12.4. The second kappa shape index (κ2) is 5.05. The number of aromatic nitrogens is 2. The molecule has 1 saturated heterocycles. The molecule has 2 fully saturated rings. The third kappa shape index (κ3) is 2.61. The molecule has 7 heteroatoms. The summed E-state index contributed by atoms with van der Waals surface area (Å²) >= 11 is 0. The molecule has 1 atom stereocenters. The lowest BCUT2D eigenvalue weighted by Gasteiger charge is -2.52. The van der Waals surface area contributed by atoms with Crippen LogP contribution in [0, 0.1) is 5.41 Å². The van der Waals surface area contributed by atoms with Crippen molar-refractivity contribution >= 4 is 10.0 Å². The van der Waals surface area contributed by atoms with Crippen LogP contribution in [0.3, 0.4) is 0 Å². The van der Waals surface area contributed by atoms with Crippen LogP contribution >= 0.6 is 0 Å². The molecule has 21 heavy (non-hydrogen) atoms. The van der Waals surface area contributed by atoms with Gasteiger partial charge in [-0.05, 0) is 19.3 Å². The minimum atomic E-state index is -3.41. The summed E-state index contributed by atoms with van der Waals surface area (Å²) in [6.45, 7) is 4.00. The lowest BCUT2D eigenvalue weighted by atomic mass is 9.76. The first kappa shape index (κ1) is 15.0. The summed E-state index contributed by atoms with van der Waals surface area (Å²) in [6, 6.07) is 0.229. The molecule has 118 valence electrons.